The molecule has 0 fully saturated rings. The second kappa shape index (κ2) is 12.4. The first kappa shape index (κ1) is 24.8. The quantitative estimate of drug-likeness (QED) is 0.190. The summed E-state index contributed by atoms with van der Waals surface area (Å²) in [5, 5.41) is 15.2. The zero-order chi connectivity index (χ0) is 25.3. The van der Waals surface area contributed by atoms with Gasteiger partial charge in [0.1, 0.15) is 6.10 Å². The van der Waals surface area contributed by atoms with E-state index in [0.717, 1.165) is 16.7 Å². The van der Waals surface area contributed by atoms with Crippen molar-refractivity contribution in [3.05, 3.63) is 162 Å². The van der Waals surface area contributed by atoms with E-state index in [1.165, 1.54) is 15.9 Å². The Bertz CT molecular complexity index is 1370. The number of aliphatic hydroxyl groups is 1. The lowest BCUT2D eigenvalue weighted by Crippen LogP contribution is -2.24. The van der Waals surface area contributed by atoms with E-state index in [2.05, 4.69) is 97.1 Å². The normalized spacial score (nSPS) is 13.0. The number of aliphatic hydroxyl groups excluding tert-OH is 1. The molecule has 1 N–H and O–H groups in total. The van der Waals surface area contributed by atoms with Crippen LogP contribution in [0, 0.1) is 0 Å². The predicted octanol–water partition coefficient (Wildman–Crippen LogP) is 6.21. The van der Waals surface area contributed by atoms with Crippen molar-refractivity contribution in [1.29, 1.82) is 0 Å². The minimum atomic E-state index is -0.759. The van der Waals surface area contributed by atoms with E-state index < -0.39 is 14.0 Å². The molecule has 0 amide bonds. The van der Waals surface area contributed by atoms with Gasteiger partial charge < -0.3 is 5.11 Å². The molecule has 0 saturated carbocycles. The van der Waals surface area contributed by atoms with Gasteiger partial charge in [-0.05, 0) is 41.4 Å². The smallest absolute Gasteiger partial charge is 0.102 e. The summed E-state index contributed by atoms with van der Waals surface area (Å²) in [6.45, 7) is 0. The Hall–Kier alpha value is -3.84. The van der Waals surface area contributed by atoms with Gasteiger partial charge in [-0.15, -0.1) is 0 Å². The molecule has 0 aliphatic carbocycles. The topological polar surface area (TPSA) is 32.6 Å². The molecule has 0 unspecified atom stereocenters. The van der Waals surface area contributed by atoms with E-state index in [-0.39, 0.29) is 6.04 Å². The molecule has 5 aromatic rings. The van der Waals surface area contributed by atoms with Crippen LogP contribution in [0.1, 0.15) is 22.8 Å². The zero-order valence-electron chi connectivity index (χ0n) is 20.6. The number of hydrogen-bond donors (Lipinski definition) is 1. The molecule has 0 bridgehead atoms. The van der Waals surface area contributed by atoms with Crippen LogP contribution in [0.5, 0.6) is 0 Å². The molecule has 182 valence electrons. The standard InChI is InChI=1S/C34H30NOP/c36-34(28-17-7-2-8-18-28)32(25-27-15-5-1-6-16-27)35-26-29-19-13-14-24-33(29)37(30-20-9-3-10-21-30)31-22-11-4-12-23-31/h1-24,26,32,34,36H,25H2/t32-,34+/m0/s1. The molecule has 3 heteroatoms. The molecule has 2 atom stereocenters. The largest absolute Gasteiger partial charge is 0.386 e. The maximum atomic E-state index is 11.3. The van der Waals surface area contributed by atoms with Crippen LogP contribution in [-0.4, -0.2) is 17.4 Å². The summed E-state index contributed by atoms with van der Waals surface area (Å²) in [4.78, 5) is 5.03. The fourth-order valence-corrected chi connectivity index (χ4v) is 6.95. The molecular weight excluding hydrogens is 469 g/mol. The average molecular weight is 500 g/mol. The second-order valence-electron chi connectivity index (χ2n) is 8.96. The molecule has 0 aliphatic heterocycles. The summed E-state index contributed by atoms with van der Waals surface area (Å²) in [7, 11) is -0.759. The van der Waals surface area contributed by atoms with Crippen LogP contribution < -0.4 is 15.9 Å². The lowest BCUT2D eigenvalue weighted by atomic mass is 9.96. The van der Waals surface area contributed by atoms with E-state index in [1.54, 1.807) is 0 Å². The van der Waals surface area contributed by atoms with Crippen molar-refractivity contribution in [2.45, 2.75) is 18.6 Å². The third-order valence-corrected chi connectivity index (χ3v) is 8.92. The second-order valence-corrected chi connectivity index (χ2v) is 11.1. The number of benzene rings is 5. The molecule has 5 aromatic carbocycles. The summed E-state index contributed by atoms with van der Waals surface area (Å²) in [5.41, 5.74) is 3.12. The summed E-state index contributed by atoms with van der Waals surface area (Å²) in [6, 6.07) is 49.7. The van der Waals surface area contributed by atoms with Crippen LogP contribution in [0.15, 0.2) is 151 Å². The summed E-state index contributed by atoms with van der Waals surface area (Å²) >= 11 is 0. The fraction of sp³-hybridized carbons (Fsp3) is 0.0882. The number of nitrogens with zero attached hydrogens (tertiary/aromatic N) is 1. The first-order chi connectivity index (χ1) is 18.3. The van der Waals surface area contributed by atoms with Crippen molar-refractivity contribution in [3.63, 3.8) is 0 Å². The molecular formula is C34H30NOP. The van der Waals surface area contributed by atoms with Crippen molar-refractivity contribution in [2.24, 2.45) is 4.99 Å². The van der Waals surface area contributed by atoms with Crippen molar-refractivity contribution in [1.82, 2.24) is 0 Å². The highest BCUT2D eigenvalue weighted by Crippen LogP contribution is 2.34. The van der Waals surface area contributed by atoms with Gasteiger partial charge in [0.15, 0.2) is 0 Å². The maximum absolute atomic E-state index is 11.3. The lowest BCUT2D eigenvalue weighted by Gasteiger charge is -2.22. The van der Waals surface area contributed by atoms with Gasteiger partial charge in [0.05, 0.1) is 6.04 Å². The predicted molar refractivity (Wildman–Crippen MR) is 158 cm³/mol. The average Bonchev–Trinajstić information content (AvgIpc) is 2.98. The van der Waals surface area contributed by atoms with E-state index in [9.17, 15) is 5.11 Å². The van der Waals surface area contributed by atoms with E-state index in [1.807, 2.05) is 54.7 Å². The Morgan fingerprint density at radius 2 is 1.08 bits per heavy atom. The molecule has 0 aliphatic rings. The Balaban J connectivity index is 1.53. The van der Waals surface area contributed by atoms with Gasteiger partial charge in [-0.3, -0.25) is 4.99 Å². The van der Waals surface area contributed by atoms with Crippen molar-refractivity contribution in [3.8, 4) is 0 Å². The third-order valence-electron chi connectivity index (χ3n) is 6.40. The molecule has 5 rings (SSSR count). The first-order valence-electron chi connectivity index (χ1n) is 12.6. The van der Waals surface area contributed by atoms with E-state index >= 15 is 0 Å². The number of rotatable bonds is 9. The molecule has 37 heavy (non-hydrogen) atoms. The van der Waals surface area contributed by atoms with Crippen LogP contribution in [0.3, 0.4) is 0 Å². The molecule has 0 aromatic heterocycles. The van der Waals surface area contributed by atoms with Gasteiger partial charge in [0.2, 0.25) is 0 Å². The van der Waals surface area contributed by atoms with Gasteiger partial charge in [0.25, 0.3) is 0 Å². The van der Waals surface area contributed by atoms with Crippen molar-refractivity contribution >= 4 is 30.0 Å². The van der Waals surface area contributed by atoms with E-state index in [4.69, 9.17) is 4.99 Å². The zero-order valence-corrected chi connectivity index (χ0v) is 21.5. The van der Waals surface area contributed by atoms with Gasteiger partial charge in [-0.1, -0.05) is 146 Å². The van der Waals surface area contributed by atoms with Crippen molar-refractivity contribution < 1.29 is 5.11 Å². The Labute approximate surface area is 220 Å². The molecule has 0 heterocycles. The lowest BCUT2D eigenvalue weighted by molar-refractivity contribution is 0.147. The van der Waals surface area contributed by atoms with Crippen molar-refractivity contribution in [2.75, 3.05) is 0 Å². The first-order valence-corrected chi connectivity index (χ1v) is 13.9. The highest BCUT2D eigenvalue weighted by molar-refractivity contribution is 7.80. The summed E-state index contributed by atoms with van der Waals surface area (Å²) in [5.74, 6) is 0. The summed E-state index contributed by atoms with van der Waals surface area (Å²) in [6.07, 6.45) is 1.92. The van der Waals surface area contributed by atoms with E-state index in [0.29, 0.717) is 6.42 Å². The molecule has 0 radical (unpaired) electrons. The van der Waals surface area contributed by atoms with Crippen LogP contribution in [0.4, 0.5) is 0 Å². The number of aliphatic imine (C=N–C) groups is 1. The minimum Gasteiger partial charge on any atom is -0.386 e. The monoisotopic (exact) mass is 499 g/mol. The highest BCUT2D eigenvalue weighted by atomic mass is 31.1. The third kappa shape index (κ3) is 6.30. The van der Waals surface area contributed by atoms with Crippen LogP contribution in [0.2, 0.25) is 0 Å². The Kier molecular flexibility index (Phi) is 8.33. The van der Waals surface area contributed by atoms with Gasteiger partial charge in [0, 0.05) is 11.8 Å². The number of hydrogen-bond acceptors (Lipinski definition) is 2. The minimum absolute atomic E-state index is 0.308. The van der Waals surface area contributed by atoms with Crippen LogP contribution >= 0.6 is 7.92 Å². The molecule has 0 spiro atoms. The Morgan fingerprint density at radius 1 is 0.595 bits per heavy atom. The molecule has 0 saturated heterocycles. The fourth-order valence-electron chi connectivity index (χ4n) is 4.53. The molecule has 2 nitrogen and oxygen atoms in total. The highest BCUT2D eigenvalue weighted by Gasteiger charge is 2.22. The van der Waals surface area contributed by atoms with Gasteiger partial charge in [-0.2, -0.15) is 0 Å². The van der Waals surface area contributed by atoms with Gasteiger partial charge in [-0.25, -0.2) is 0 Å². The van der Waals surface area contributed by atoms with Crippen LogP contribution in [0.25, 0.3) is 0 Å². The summed E-state index contributed by atoms with van der Waals surface area (Å²) < 4.78 is 0. The Morgan fingerprint density at radius 3 is 1.68 bits per heavy atom. The van der Waals surface area contributed by atoms with Gasteiger partial charge >= 0.3 is 0 Å². The maximum Gasteiger partial charge on any atom is 0.102 e. The van der Waals surface area contributed by atoms with Crippen LogP contribution in [-0.2, 0) is 6.42 Å². The SMILES string of the molecule is O[C@H](c1ccccc1)[C@H](Cc1ccccc1)N=Cc1ccccc1P(c1ccccc1)c1ccccc1.